The Morgan fingerprint density at radius 1 is 1.27 bits per heavy atom. The molecule has 2 aliphatic carbocycles. The van der Waals surface area contributed by atoms with Crippen molar-refractivity contribution >= 4 is 23.4 Å². The number of aryl methyl sites for hydroxylation is 2. The smallest absolute Gasteiger partial charge is 0.407 e. The number of aromatic carboxylic acids is 1. The number of carboxylic acid groups (broad SMARTS) is 1. The van der Waals surface area contributed by atoms with Crippen LogP contribution in [0.5, 0.6) is 0 Å². The average molecular weight is 369 g/mol. The normalized spacial score (nSPS) is 26.3. The highest BCUT2D eigenvalue weighted by Gasteiger charge is 2.46. The van der Waals surface area contributed by atoms with Crippen LogP contribution < -0.4 is 5.32 Å². The van der Waals surface area contributed by atoms with Crippen LogP contribution in [0.25, 0.3) is 11.1 Å². The lowest BCUT2D eigenvalue weighted by Gasteiger charge is -2.22. The molecule has 2 N–H and O–H groups in total. The number of cyclic esters (lactones) is 1. The average Bonchev–Trinajstić information content (AvgIpc) is 3.33. The van der Waals surface area contributed by atoms with Crippen molar-refractivity contribution in [1.29, 1.82) is 0 Å². The van der Waals surface area contributed by atoms with Gasteiger partial charge in [0.15, 0.2) is 0 Å². The Bertz CT molecular complexity index is 934. The summed E-state index contributed by atoms with van der Waals surface area (Å²) in [6.07, 6.45) is 4.49. The highest BCUT2D eigenvalue weighted by atomic mass is 32.1. The van der Waals surface area contributed by atoms with E-state index in [1.807, 2.05) is 6.07 Å². The van der Waals surface area contributed by atoms with Crippen LogP contribution in [-0.2, 0) is 17.6 Å². The molecule has 2 aromatic rings. The molecule has 1 spiro atoms. The molecule has 0 unspecified atom stereocenters. The van der Waals surface area contributed by atoms with Crippen LogP contribution in [0.2, 0.25) is 0 Å². The first kappa shape index (κ1) is 15.9. The minimum atomic E-state index is -0.848. The maximum atomic E-state index is 11.4. The van der Waals surface area contributed by atoms with E-state index in [9.17, 15) is 14.7 Å². The molecule has 1 aliphatic heterocycles. The number of nitrogens with one attached hydrogen (secondary N) is 1. The fourth-order valence-corrected chi connectivity index (χ4v) is 5.69. The largest absolute Gasteiger partial charge is 0.477 e. The zero-order valence-electron chi connectivity index (χ0n) is 14.2. The van der Waals surface area contributed by atoms with Crippen LogP contribution in [0.3, 0.4) is 0 Å². The number of carbonyl (C=O) groups excluding carboxylic acids is 1. The highest BCUT2D eigenvalue weighted by molar-refractivity contribution is 7.14. The number of fused-ring (bicyclic) bond motifs is 3. The van der Waals surface area contributed by atoms with E-state index >= 15 is 0 Å². The van der Waals surface area contributed by atoms with Crippen LogP contribution in [-0.4, -0.2) is 29.3 Å². The number of thiophene rings is 1. The molecule has 2 atom stereocenters. The van der Waals surface area contributed by atoms with Crippen molar-refractivity contribution in [2.24, 2.45) is 0 Å². The maximum Gasteiger partial charge on any atom is 0.407 e. The molecule has 0 radical (unpaired) electrons. The quantitative estimate of drug-likeness (QED) is 0.840. The van der Waals surface area contributed by atoms with E-state index in [1.54, 1.807) is 0 Å². The molecule has 5 rings (SSSR count). The van der Waals surface area contributed by atoms with Crippen LogP contribution in [0.15, 0.2) is 24.3 Å². The number of alkyl carbamates (subject to hydrolysis) is 1. The van der Waals surface area contributed by atoms with Gasteiger partial charge in [-0.25, -0.2) is 9.59 Å². The molecule has 5 nitrogen and oxygen atoms in total. The number of carbonyl (C=O) groups is 2. The van der Waals surface area contributed by atoms with Gasteiger partial charge in [0.25, 0.3) is 0 Å². The summed E-state index contributed by atoms with van der Waals surface area (Å²) in [4.78, 5) is 24.3. The zero-order chi connectivity index (χ0) is 17.9. The summed E-state index contributed by atoms with van der Waals surface area (Å²) in [7, 11) is 0. The lowest BCUT2D eigenvalue weighted by atomic mass is 9.85. The second-order valence-corrected chi connectivity index (χ2v) is 8.73. The Labute approximate surface area is 155 Å². The Kier molecular flexibility index (Phi) is 3.41. The van der Waals surface area contributed by atoms with E-state index in [4.69, 9.17) is 4.74 Å². The lowest BCUT2D eigenvalue weighted by molar-refractivity contribution is 0.0702. The van der Waals surface area contributed by atoms with Crippen molar-refractivity contribution in [3.63, 3.8) is 0 Å². The van der Waals surface area contributed by atoms with Gasteiger partial charge in [-0.05, 0) is 66.3 Å². The molecule has 2 heterocycles. The molecule has 1 aromatic heterocycles. The SMILES string of the molecule is O=C1N[C@@]2(CC[C@H](c3ccc4c(c3)CCc3sc(C(=O)O)cc3-4)C2)CO1. The molecule has 1 aromatic carbocycles. The Morgan fingerprint density at radius 2 is 2.15 bits per heavy atom. The highest BCUT2D eigenvalue weighted by Crippen LogP contribution is 2.45. The second kappa shape index (κ2) is 5.58. The number of benzene rings is 1. The molecule has 1 saturated carbocycles. The summed E-state index contributed by atoms with van der Waals surface area (Å²) in [5.41, 5.74) is 4.69. The van der Waals surface area contributed by atoms with Gasteiger partial charge in [0.05, 0.1) is 5.54 Å². The van der Waals surface area contributed by atoms with Crippen LogP contribution in [0, 0.1) is 0 Å². The van der Waals surface area contributed by atoms with Gasteiger partial charge in [0.2, 0.25) is 0 Å². The molecule has 6 heteroatoms. The predicted octanol–water partition coefficient (Wildman–Crippen LogP) is 3.96. The van der Waals surface area contributed by atoms with E-state index in [2.05, 4.69) is 23.5 Å². The van der Waals surface area contributed by atoms with Crippen molar-refractivity contribution in [3.8, 4) is 11.1 Å². The van der Waals surface area contributed by atoms with E-state index in [1.165, 1.54) is 32.9 Å². The molecule has 2 fully saturated rings. The molecule has 3 aliphatic rings. The third kappa shape index (κ3) is 2.43. The van der Waals surface area contributed by atoms with Crippen molar-refractivity contribution < 1.29 is 19.4 Å². The van der Waals surface area contributed by atoms with E-state index in [-0.39, 0.29) is 11.6 Å². The van der Waals surface area contributed by atoms with E-state index in [0.29, 0.717) is 17.4 Å². The van der Waals surface area contributed by atoms with Gasteiger partial charge in [0.1, 0.15) is 11.5 Å². The third-order valence-electron chi connectivity index (χ3n) is 5.99. The van der Waals surface area contributed by atoms with Crippen molar-refractivity contribution in [3.05, 3.63) is 45.1 Å². The second-order valence-electron chi connectivity index (χ2n) is 7.59. The van der Waals surface area contributed by atoms with Gasteiger partial charge < -0.3 is 15.2 Å². The summed E-state index contributed by atoms with van der Waals surface area (Å²) in [5, 5.41) is 12.3. The van der Waals surface area contributed by atoms with Crippen molar-refractivity contribution in [1.82, 2.24) is 5.32 Å². The van der Waals surface area contributed by atoms with Gasteiger partial charge in [-0.2, -0.15) is 0 Å². The molecule has 0 bridgehead atoms. The van der Waals surface area contributed by atoms with E-state index < -0.39 is 5.97 Å². The molecular formula is C20H19NO4S. The monoisotopic (exact) mass is 369 g/mol. The molecule has 1 saturated heterocycles. The number of carboxylic acids is 1. The molecular weight excluding hydrogens is 350 g/mol. The first-order chi connectivity index (χ1) is 12.5. The number of ether oxygens (including phenoxy) is 1. The molecule has 1 amide bonds. The fraction of sp³-hybridized carbons (Fsp3) is 0.400. The van der Waals surface area contributed by atoms with Crippen molar-refractivity contribution in [2.45, 2.75) is 43.6 Å². The minimum absolute atomic E-state index is 0.186. The van der Waals surface area contributed by atoms with Gasteiger partial charge in [0, 0.05) is 4.88 Å². The summed E-state index contributed by atoms with van der Waals surface area (Å²) < 4.78 is 5.13. The van der Waals surface area contributed by atoms with Crippen LogP contribution in [0.4, 0.5) is 4.79 Å². The topological polar surface area (TPSA) is 75.6 Å². The summed E-state index contributed by atoms with van der Waals surface area (Å²) in [6, 6.07) is 8.43. The molecule has 26 heavy (non-hydrogen) atoms. The third-order valence-corrected chi connectivity index (χ3v) is 7.17. The minimum Gasteiger partial charge on any atom is -0.477 e. The standard InChI is InChI=1S/C20H19NO4S/c22-18(23)17-8-15-14-3-1-11(7-12(14)2-4-16(15)26-17)13-5-6-20(9-13)10-25-19(24)21-20/h1,3,7-8,13H,2,4-6,9-10H2,(H,21,24)(H,22,23)/t13-,20+/m0/s1. The molecule has 134 valence electrons. The number of rotatable bonds is 2. The Balaban J connectivity index is 1.44. The first-order valence-corrected chi connectivity index (χ1v) is 9.79. The van der Waals surface area contributed by atoms with Crippen molar-refractivity contribution in [2.75, 3.05) is 6.61 Å². The Morgan fingerprint density at radius 3 is 2.92 bits per heavy atom. The maximum absolute atomic E-state index is 11.4. The fourth-order valence-electron chi connectivity index (χ4n) is 4.68. The first-order valence-electron chi connectivity index (χ1n) is 8.97. The number of hydrogen-bond donors (Lipinski definition) is 2. The van der Waals surface area contributed by atoms with Gasteiger partial charge >= 0.3 is 12.1 Å². The van der Waals surface area contributed by atoms with Gasteiger partial charge in [-0.15, -0.1) is 11.3 Å². The summed E-state index contributed by atoms with van der Waals surface area (Å²) in [6.45, 7) is 0.476. The van der Waals surface area contributed by atoms with Crippen LogP contribution in [0.1, 0.15) is 50.9 Å². The van der Waals surface area contributed by atoms with Gasteiger partial charge in [-0.1, -0.05) is 18.2 Å². The Hall–Kier alpha value is -2.34. The summed E-state index contributed by atoms with van der Waals surface area (Å²) >= 11 is 1.40. The van der Waals surface area contributed by atoms with Gasteiger partial charge in [-0.3, -0.25) is 0 Å². The van der Waals surface area contributed by atoms with Crippen LogP contribution >= 0.6 is 11.3 Å². The lowest BCUT2D eigenvalue weighted by Crippen LogP contribution is -2.40. The van der Waals surface area contributed by atoms with E-state index in [0.717, 1.165) is 37.7 Å². The number of hydrogen-bond acceptors (Lipinski definition) is 4. The number of amides is 1. The zero-order valence-corrected chi connectivity index (χ0v) is 15.0. The predicted molar refractivity (Wildman–Crippen MR) is 97.9 cm³/mol. The summed E-state index contributed by atoms with van der Waals surface area (Å²) in [5.74, 6) is -0.416.